The zero-order chi connectivity index (χ0) is 19.0. The summed E-state index contributed by atoms with van der Waals surface area (Å²) in [4.78, 5) is 29.2. The maximum Gasteiger partial charge on any atom is 0.258 e. The Balaban J connectivity index is 1.55. The number of fused-ring (bicyclic) bond motifs is 1. The third-order valence-electron chi connectivity index (χ3n) is 4.92. The summed E-state index contributed by atoms with van der Waals surface area (Å²) >= 11 is 0. The topological polar surface area (TPSA) is 68.3 Å². The van der Waals surface area contributed by atoms with Gasteiger partial charge in [0.2, 0.25) is 12.7 Å². The molecule has 0 saturated carbocycles. The second-order valence-corrected chi connectivity index (χ2v) is 6.40. The average Bonchev–Trinajstić information content (AvgIpc) is 3.17. The number of ether oxygens (including phenoxy) is 3. The van der Waals surface area contributed by atoms with Crippen molar-refractivity contribution in [2.75, 3.05) is 31.9 Å². The second-order valence-electron chi connectivity index (χ2n) is 6.40. The highest BCUT2D eigenvalue weighted by atomic mass is 16.7. The van der Waals surface area contributed by atoms with Crippen LogP contribution in [0.2, 0.25) is 0 Å². The zero-order valence-corrected chi connectivity index (χ0v) is 15.2. The van der Waals surface area contributed by atoms with E-state index in [2.05, 4.69) is 0 Å². The van der Waals surface area contributed by atoms with Crippen LogP contribution in [-0.4, -0.2) is 49.7 Å². The Morgan fingerprint density at radius 2 is 1.89 bits per heavy atom. The molecule has 27 heavy (non-hydrogen) atoms. The largest absolute Gasteiger partial charge is 0.496 e. The molecule has 7 heteroatoms. The molecule has 2 aromatic rings. The molecule has 0 spiro atoms. The van der Waals surface area contributed by atoms with E-state index in [-0.39, 0.29) is 18.6 Å². The number of hydrogen-bond acceptors (Lipinski definition) is 5. The van der Waals surface area contributed by atoms with Crippen molar-refractivity contribution in [3.63, 3.8) is 0 Å². The summed E-state index contributed by atoms with van der Waals surface area (Å²) in [5, 5.41) is 0. The van der Waals surface area contributed by atoms with Crippen molar-refractivity contribution in [1.82, 2.24) is 4.90 Å². The van der Waals surface area contributed by atoms with Crippen LogP contribution in [0.5, 0.6) is 17.2 Å². The molecule has 2 aliphatic heterocycles. The molecule has 0 N–H and O–H groups in total. The van der Waals surface area contributed by atoms with Crippen LogP contribution in [0.15, 0.2) is 42.5 Å². The summed E-state index contributed by atoms with van der Waals surface area (Å²) in [6.45, 7) is 2.76. The normalized spacial score (nSPS) is 18.6. The van der Waals surface area contributed by atoms with Crippen LogP contribution in [0.3, 0.4) is 0 Å². The Morgan fingerprint density at radius 1 is 1.11 bits per heavy atom. The van der Waals surface area contributed by atoms with E-state index in [0.29, 0.717) is 35.9 Å². The van der Waals surface area contributed by atoms with E-state index in [1.807, 2.05) is 12.1 Å². The first-order chi connectivity index (χ1) is 13.1. The van der Waals surface area contributed by atoms with Gasteiger partial charge in [-0.15, -0.1) is 0 Å². The van der Waals surface area contributed by atoms with Gasteiger partial charge in [-0.2, -0.15) is 0 Å². The van der Waals surface area contributed by atoms with Crippen LogP contribution in [-0.2, 0) is 4.79 Å². The number of piperazine rings is 1. The molecular formula is C20H20N2O5. The van der Waals surface area contributed by atoms with Crippen molar-refractivity contribution in [3.8, 4) is 17.2 Å². The number of hydrogen-bond donors (Lipinski definition) is 0. The van der Waals surface area contributed by atoms with Crippen LogP contribution >= 0.6 is 0 Å². The number of carbonyl (C=O) groups excluding carboxylic acids is 2. The number of anilines is 1. The average molecular weight is 368 g/mol. The lowest BCUT2D eigenvalue weighted by atomic mass is 10.1. The van der Waals surface area contributed by atoms with Gasteiger partial charge < -0.3 is 24.0 Å². The number of methoxy groups -OCH3 is 1. The van der Waals surface area contributed by atoms with Crippen molar-refractivity contribution in [3.05, 3.63) is 48.0 Å². The minimum atomic E-state index is -0.582. The molecule has 4 rings (SSSR count). The molecule has 1 unspecified atom stereocenters. The van der Waals surface area contributed by atoms with Gasteiger partial charge in [-0.1, -0.05) is 12.1 Å². The molecule has 2 heterocycles. The summed E-state index contributed by atoms with van der Waals surface area (Å²) in [5.74, 6) is 1.45. The van der Waals surface area contributed by atoms with Crippen LogP contribution in [0.1, 0.15) is 17.3 Å². The van der Waals surface area contributed by atoms with Gasteiger partial charge >= 0.3 is 0 Å². The Hall–Kier alpha value is -3.22. The van der Waals surface area contributed by atoms with Crippen molar-refractivity contribution in [2.24, 2.45) is 0 Å². The first-order valence-corrected chi connectivity index (χ1v) is 8.75. The number of carbonyl (C=O) groups is 2. The van der Waals surface area contributed by atoms with Crippen LogP contribution < -0.4 is 19.1 Å². The summed E-state index contributed by atoms with van der Waals surface area (Å²) in [6, 6.07) is 11.9. The lowest BCUT2D eigenvalue weighted by Crippen LogP contribution is -2.57. The van der Waals surface area contributed by atoms with E-state index in [1.54, 1.807) is 47.1 Å². The smallest absolute Gasteiger partial charge is 0.258 e. The molecule has 2 aromatic carbocycles. The third-order valence-corrected chi connectivity index (χ3v) is 4.92. The number of amides is 2. The van der Waals surface area contributed by atoms with Gasteiger partial charge in [0.25, 0.3) is 5.91 Å². The predicted octanol–water partition coefficient (Wildman–Crippen LogP) is 2.30. The molecule has 0 bridgehead atoms. The number of nitrogens with zero attached hydrogens (tertiary/aromatic N) is 2. The molecule has 1 saturated heterocycles. The van der Waals surface area contributed by atoms with Gasteiger partial charge in [-0.05, 0) is 31.2 Å². The number of benzene rings is 2. The lowest BCUT2D eigenvalue weighted by Gasteiger charge is -2.39. The van der Waals surface area contributed by atoms with E-state index in [1.165, 1.54) is 7.11 Å². The van der Waals surface area contributed by atoms with Crippen molar-refractivity contribution >= 4 is 17.5 Å². The first-order valence-electron chi connectivity index (χ1n) is 8.75. The van der Waals surface area contributed by atoms with E-state index >= 15 is 0 Å². The summed E-state index contributed by atoms with van der Waals surface area (Å²) < 4.78 is 16.0. The minimum Gasteiger partial charge on any atom is -0.496 e. The Labute approximate surface area is 157 Å². The molecule has 140 valence electrons. The molecule has 0 aliphatic carbocycles. The molecule has 0 aromatic heterocycles. The Kier molecular flexibility index (Phi) is 4.35. The summed E-state index contributed by atoms with van der Waals surface area (Å²) in [6.07, 6.45) is 0. The standard InChI is InChI=1S/C20H20N2O5/c1-13-19(23)22(14-7-8-17-18(11-14)27-12-26-17)10-9-21(13)20(24)15-5-3-4-6-16(15)25-2/h3-8,11,13H,9-10,12H2,1-2H3. The Bertz CT molecular complexity index is 898. The molecule has 7 nitrogen and oxygen atoms in total. The van der Waals surface area contributed by atoms with Crippen LogP contribution in [0, 0.1) is 0 Å². The molecule has 0 radical (unpaired) electrons. The van der Waals surface area contributed by atoms with Crippen molar-refractivity contribution < 1.29 is 23.8 Å². The zero-order valence-electron chi connectivity index (χ0n) is 15.2. The Morgan fingerprint density at radius 3 is 2.70 bits per heavy atom. The first kappa shape index (κ1) is 17.2. The predicted molar refractivity (Wildman–Crippen MR) is 98.4 cm³/mol. The highest BCUT2D eigenvalue weighted by Crippen LogP contribution is 2.36. The van der Waals surface area contributed by atoms with Gasteiger partial charge in [0.15, 0.2) is 11.5 Å². The van der Waals surface area contributed by atoms with Gasteiger partial charge in [0.05, 0.1) is 12.7 Å². The lowest BCUT2D eigenvalue weighted by molar-refractivity contribution is -0.124. The maximum absolute atomic E-state index is 13.0. The van der Waals surface area contributed by atoms with Gasteiger partial charge in [0, 0.05) is 24.8 Å². The fourth-order valence-electron chi connectivity index (χ4n) is 3.43. The van der Waals surface area contributed by atoms with E-state index in [0.717, 1.165) is 5.69 Å². The maximum atomic E-state index is 13.0. The molecule has 1 atom stereocenters. The third kappa shape index (κ3) is 2.95. The van der Waals surface area contributed by atoms with Crippen LogP contribution in [0.4, 0.5) is 5.69 Å². The van der Waals surface area contributed by atoms with Gasteiger partial charge in [-0.3, -0.25) is 9.59 Å². The summed E-state index contributed by atoms with van der Waals surface area (Å²) in [5.41, 5.74) is 1.19. The summed E-state index contributed by atoms with van der Waals surface area (Å²) in [7, 11) is 1.53. The van der Waals surface area contributed by atoms with Gasteiger partial charge in [0.1, 0.15) is 11.8 Å². The van der Waals surface area contributed by atoms with Crippen molar-refractivity contribution in [1.29, 1.82) is 0 Å². The number of rotatable bonds is 3. The molecule has 1 fully saturated rings. The number of para-hydroxylation sites is 1. The van der Waals surface area contributed by atoms with Gasteiger partial charge in [-0.25, -0.2) is 0 Å². The highest BCUT2D eigenvalue weighted by molar-refractivity contribution is 6.04. The monoisotopic (exact) mass is 368 g/mol. The molecule has 2 amide bonds. The SMILES string of the molecule is COc1ccccc1C(=O)N1CCN(c2ccc3c(c2)OCO3)C(=O)C1C. The van der Waals surface area contributed by atoms with Crippen molar-refractivity contribution in [2.45, 2.75) is 13.0 Å². The van der Waals surface area contributed by atoms with E-state index < -0.39 is 6.04 Å². The fraction of sp³-hybridized carbons (Fsp3) is 0.300. The minimum absolute atomic E-state index is 0.136. The molecule has 2 aliphatic rings. The highest BCUT2D eigenvalue weighted by Gasteiger charge is 2.36. The van der Waals surface area contributed by atoms with E-state index in [4.69, 9.17) is 14.2 Å². The fourth-order valence-corrected chi connectivity index (χ4v) is 3.43. The van der Waals surface area contributed by atoms with Crippen LogP contribution in [0.25, 0.3) is 0 Å². The van der Waals surface area contributed by atoms with E-state index in [9.17, 15) is 9.59 Å². The second kappa shape index (κ2) is 6.83. The quantitative estimate of drug-likeness (QED) is 0.832. The molecular weight excluding hydrogens is 348 g/mol.